The number of hydrogen-bond donors (Lipinski definition) is 0. The molecule has 0 fully saturated rings. The van der Waals surface area contributed by atoms with E-state index in [1.54, 1.807) is 30.5 Å². The average Bonchev–Trinajstić information content (AvgIpc) is 2.62. The first kappa shape index (κ1) is 21.0. The summed E-state index contributed by atoms with van der Waals surface area (Å²) in [5, 5.41) is 0.0247. The van der Waals surface area contributed by atoms with Gasteiger partial charge in [0.25, 0.3) is 0 Å². The third-order valence-corrected chi connectivity index (χ3v) is 4.59. The van der Waals surface area contributed by atoms with Gasteiger partial charge in [0.2, 0.25) is 0 Å². The molecule has 132 valence electrons. The number of Topliss-reactive ketones (excluding diaryl/α,β-unsaturated/α-hetero) is 1. The topological polar surface area (TPSA) is 81.2 Å². The van der Waals surface area contributed by atoms with Gasteiger partial charge in [-0.3, -0.25) is 14.6 Å². The molecule has 0 N–H and O–H groups in total. The molecule has 0 atom stereocenters. The first-order chi connectivity index (χ1) is 11.8. The first-order valence-electron chi connectivity index (χ1n) is 6.91. The predicted octanol–water partition coefficient (Wildman–Crippen LogP) is 3.41. The number of hydrogen-bond acceptors (Lipinski definition) is 5. The van der Waals surface area contributed by atoms with Gasteiger partial charge in [-0.1, -0.05) is 35.3 Å². The quantitative estimate of drug-likeness (QED) is 0.437. The van der Waals surface area contributed by atoms with Gasteiger partial charge < -0.3 is 0 Å². The summed E-state index contributed by atoms with van der Waals surface area (Å²) in [7, 11) is -3.20. The molecule has 1 aromatic carbocycles. The molecule has 2 aromatic rings. The van der Waals surface area contributed by atoms with Gasteiger partial charge in [0, 0.05) is 36.2 Å². The highest BCUT2D eigenvalue weighted by atomic mass is 35.5. The standard InChI is InChI=1S/C14H13NO3S.C3H2Cl2O/c1-19(17,18)13-6-4-11(5-7-13)9-14(16)12-3-2-8-15-10-12;4-1-3(5)2-6/h2-8,10H,9H2,1H3;1-2H/b;3-1-. The number of aldehydes is 1. The molecule has 0 bridgehead atoms. The summed E-state index contributed by atoms with van der Waals surface area (Å²) >= 11 is 9.94. The molecule has 0 amide bonds. The number of nitrogens with zero attached hydrogens (tertiary/aromatic N) is 1. The lowest BCUT2D eigenvalue weighted by Crippen LogP contribution is -2.04. The number of carbonyl (C=O) groups is 2. The highest BCUT2D eigenvalue weighted by molar-refractivity contribution is 7.90. The van der Waals surface area contributed by atoms with Crippen LogP contribution >= 0.6 is 23.2 Å². The van der Waals surface area contributed by atoms with Gasteiger partial charge in [-0.15, -0.1) is 0 Å². The Morgan fingerprint density at radius 1 is 1.20 bits per heavy atom. The minimum atomic E-state index is -3.20. The lowest BCUT2D eigenvalue weighted by atomic mass is 10.0. The van der Waals surface area contributed by atoms with E-state index in [0.29, 0.717) is 11.8 Å². The SMILES string of the molecule is CS(=O)(=O)c1ccc(CC(=O)c2cccnc2)cc1.O=C/C(Cl)=C/Cl. The summed E-state index contributed by atoms with van der Waals surface area (Å²) in [6.07, 6.45) is 4.98. The third kappa shape index (κ3) is 7.60. The van der Waals surface area contributed by atoms with Crippen molar-refractivity contribution in [3.05, 3.63) is 70.5 Å². The van der Waals surface area contributed by atoms with Crippen LogP contribution < -0.4 is 0 Å². The van der Waals surface area contributed by atoms with E-state index in [1.165, 1.54) is 18.3 Å². The molecule has 0 aliphatic heterocycles. The third-order valence-electron chi connectivity index (χ3n) is 2.92. The highest BCUT2D eigenvalue weighted by Gasteiger charge is 2.09. The van der Waals surface area contributed by atoms with Crippen molar-refractivity contribution in [2.24, 2.45) is 0 Å². The van der Waals surface area contributed by atoms with Crippen LogP contribution in [0.1, 0.15) is 15.9 Å². The summed E-state index contributed by atoms with van der Waals surface area (Å²) in [5.41, 5.74) is 2.34. The van der Waals surface area contributed by atoms with Crippen molar-refractivity contribution in [3.8, 4) is 0 Å². The number of aromatic nitrogens is 1. The summed E-state index contributed by atoms with van der Waals surface area (Å²) in [6, 6.07) is 9.76. The van der Waals surface area contributed by atoms with Crippen molar-refractivity contribution in [2.45, 2.75) is 11.3 Å². The van der Waals surface area contributed by atoms with Crippen LogP contribution in [0.3, 0.4) is 0 Å². The molecule has 2 rings (SSSR count). The van der Waals surface area contributed by atoms with E-state index in [1.807, 2.05) is 0 Å². The number of carbonyl (C=O) groups excluding carboxylic acids is 2. The van der Waals surface area contributed by atoms with Crippen LogP contribution in [0.5, 0.6) is 0 Å². The minimum Gasteiger partial charge on any atom is -0.297 e. The molecule has 0 saturated carbocycles. The second-order valence-corrected chi connectivity index (χ2v) is 7.54. The number of rotatable bonds is 5. The minimum absolute atomic E-state index is 0.0247. The zero-order valence-corrected chi connectivity index (χ0v) is 15.6. The zero-order valence-electron chi connectivity index (χ0n) is 13.2. The molecule has 25 heavy (non-hydrogen) atoms. The molecular weight excluding hydrogens is 385 g/mol. The highest BCUT2D eigenvalue weighted by Crippen LogP contribution is 2.12. The van der Waals surface area contributed by atoms with Crippen LogP contribution in [-0.4, -0.2) is 31.7 Å². The normalized spacial score (nSPS) is 11.2. The van der Waals surface area contributed by atoms with Crippen LogP contribution in [0.2, 0.25) is 0 Å². The molecular formula is C17H15Cl2NO4S. The number of sulfone groups is 1. The number of allylic oxidation sites excluding steroid dienone is 1. The van der Waals surface area contributed by atoms with Gasteiger partial charge in [-0.05, 0) is 29.8 Å². The summed E-state index contributed by atoms with van der Waals surface area (Å²) in [4.78, 5) is 25.5. The Kier molecular flexibility index (Phi) is 8.48. The van der Waals surface area contributed by atoms with Crippen molar-refractivity contribution in [2.75, 3.05) is 6.26 Å². The molecule has 0 saturated heterocycles. The van der Waals surface area contributed by atoms with E-state index in [9.17, 15) is 18.0 Å². The molecule has 1 heterocycles. The number of halogens is 2. The van der Waals surface area contributed by atoms with Gasteiger partial charge in [-0.2, -0.15) is 0 Å². The Morgan fingerprint density at radius 3 is 2.24 bits per heavy atom. The number of benzene rings is 1. The second-order valence-electron chi connectivity index (χ2n) is 4.87. The van der Waals surface area contributed by atoms with Gasteiger partial charge in [-0.25, -0.2) is 8.42 Å². The van der Waals surface area contributed by atoms with Gasteiger partial charge in [0.15, 0.2) is 21.9 Å². The van der Waals surface area contributed by atoms with E-state index in [4.69, 9.17) is 23.2 Å². The average molecular weight is 400 g/mol. The lowest BCUT2D eigenvalue weighted by molar-refractivity contribution is -0.104. The van der Waals surface area contributed by atoms with Gasteiger partial charge >= 0.3 is 0 Å². The van der Waals surface area contributed by atoms with Crippen molar-refractivity contribution in [1.82, 2.24) is 4.98 Å². The van der Waals surface area contributed by atoms with Crippen LogP contribution in [-0.2, 0) is 21.1 Å². The van der Waals surface area contributed by atoms with Gasteiger partial charge in [0.1, 0.15) is 0 Å². The second kappa shape index (κ2) is 10.1. The number of ketones is 1. The molecule has 0 aliphatic carbocycles. The smallest absolute Gasteiger partial charge is 0.175 e. The molecule has 8 heteroatoms. The first-order valence-corrected chi connectivity index (χ1v) is 9.61. The number of pyridine rings is 1. The van der Waals surface area contributed by atoms with E-state index in [0.717, 1.165) is 17.4 Å². The maximum absolute atomic E-state index is 11.9. The van der Waals surface area contributed by atoms with Crippen molar-refractivity contribution in [1.29, 1.82) is 0 Å². The Hall–Kier alpha value is -2.02. The maximum atomic E-state index is 11.9. The Morgan fingerprint density at radius 2 is 1.84 bits per heavy atom. The summed E-state index contributed by atoms with van der Waals surface area (Å²) < 4.78 is 22.6. The fourth-order valence-corrected chi connectivity index (χ4v) is 2.38. The molecule has 0 unspecified atom stereocenters. The van der Waals surface area contributed by atoms with Crippen molar-refractivity contribution in [3.63, 3.8) is 0 Å². The van der Waals surface area contributed by atoms with Gasteiger partial charge in [0.05, 0.1) is 9.93 Å². The predicted molar refractivity (Wildman–Crippen MR) is 97.7 cm³/mol. The summed E-state index contributed by atoms with van der Waals surface area (Å²) in [5.74, 6) is -0.0415. The van der Waals surface area contributed by atoms with Crippen molar-refractivity contribution < 1.29 is 18.0 Å². The van der Waals surface area contributed by atoms with Crippen LogP contribution in [0.4, 0.5) is 0 Å². The molecule has 0 radical (unpaired) electrons. The molecule has 1 aromatic heterocycles. The van der Waals surface area contributed by atoms with Crippen LogP contribution in [0.15, 0.2) is 64.3 Å². The largest absolute Gasteiger partial charge is 0.297 e. The fourth-order valence-electron chi connectivity index (χ4n) is 1.70. The monoisotopic (exact) mass is 399 g/mol. The Labute approximate surface area is 156 Å². The summed E-state index contributed by atoms with van der Waals surface area (Å²) in [6.45, 7) is 0. The molecule has 0 aliphatic rings. The van der Waals surface area contributed by atoms with Crippen LogP contribution in [0.25, 0.3) is 0 Å². The van der Waals surface area contributed by atoms with Crippen molar-refractivity contribution >= 4 is 45.1 Å². The Bertz CT molecular complexity index is 848. The molecule has 5 nitrogen and oxygen atoms in total. The van der Waals surface area contributed by atoms with E-state index in [-0.39, 0.29) is 22.1 Å². The lowest BCUT2D eigenvalue weighted by Gasteiger charge is -2.03. The van der Waals surface area contributed by atoms with Crippen LogP contribution in [0, 0.1) is 0 Å². The fraction of sp³-hybridized carbons (Fsp3) is 0.118. The molecule has 0 spiro atoms. The zero-order chi connectivity index (χ0) is 18.9. The van der Waals surface area contributed by atoms with E-state index in [2.05, 4.69) is 4.98 Å². The maximum Gasteiger partial charge on any atom is 0.175 e. The van der Waals surface area contributed by atoms with E-state index >= 15 is 0 Å². The Balaban J connectivity index is 0.000000450. The van der Waals surface area contributed by atoms with E-state index < -0.39 is 9.84 Å².